The normalized spacial score (nSPS) is 24.8. The summed E-state index contributed by atoms with van der Waals surface area (Å²) in [7, 11) is -4.09. The van der Waals surface area contributed by atoms with Gasteiger partial charge in [0.2, 0.25) is 0 Å². The minimum absolute atomic E-state index is 0.0550. The maximum Gasteiger partial charge on any atom is 0.333 e. The minimum Gasteiger partial charge on any atom is -0.300 e. The summed E-state index contributed by atoms with van der Waals surface area (Å²) in [6.07, 6.45) is 1.65. The topological polar surface area (TPSA) is 83.5 Å². The Hall–Kier alpha value is -0.460. The van der Waals surface area contributed by atoms with Crippen molar-refractivity contribution >= 4 is 16.1 Å². The van der Waals surface area contributed by atoms with Crippen molar-refractivity contribution in [2.24, 2.45) is 5.92 Å². The lowest BCUT2D eigenvalue weighted by atomic mass is 10.1. The van der Waals surface area contributed by atoms with Crippen molar-refractivity contribution < 1.29 is 17.8 Å². The minimum atomic E-state index is -4.09. The van der Waals surface area contributed by atoms with Crippen molar-refractivity contribution in [3.63, 3.8) is 0 Å². The Morgan fingerprint density at radius 1 is 1.58 bits per heavy atom. The molecule has 12 heavy (non-hydrogen) atoms. The van der Waals surface area contributed by atoms with Crippen LogP contribution in [-0.4, -0.2) is 25.3 Å². The number of ketones is 1. The Labute approximate surface area is 71.0 Å². The third kappa shape index (κ3) is 3.29. The molecule has 6 heteroatoms. The average Bonchev–Trinajstić information content (AvgIpc) is 2.30. The molecule has 1 atom stereocenters. The Balaban J connectivity index is 2.30. The molecule has 70 valence electrons. The van der Waals surface area contributed by atoms with E-state index in [-0.39, 0.29) is 18.2 Å². The molecule has 0 aromatic carbocycles. The molecule has 0 radical (unpaired) electrons. The number of carbonyl (C=O) groups is 1. The largest absolute Gasteiger partial charge is 0.333 e. The second-order valence-corrected chi connectivity index (χ2v) is 4.21. The molecule has 1 rings (SSSR count). The van der Waals surface area contributed by atoms with E-state index >= 15 is 0 Å². The maximum atomic E-state index is 10.7. The van der Waals surface area contributed by atoms with Gasteiger partial charge in [0.15, 0.2) is 0 Å². The molecule has 1 unspecified atom stereocenters. The fourth-order valence-corrected chi connectivity index (χ4v) is 1.73. The summed E-state index contributed by atoms with van der Waals surface area (Å²) in [6, 6.07) is 0. The maximum absolute atomic E-state index is 10.7. The summed E-state index contributed by atoms with van der Waals surface area (Å²) in [5.74, 6) is 0.219. The van der Waals surface area contributed by atoms with Gasteiger partial charge in [0, 0.05) is 19.4 Å². The Bertz CT molecular complexity index is 271. The summed E-state index contributed by atoms with van der Waals surface area (Å²) in [4.78, 5) is 10.7. The van der Waals surface area contributed by atoms with Crippen LogP contribution in [0.1, 0.15) is 19.3 Å². The van der Waals surface area contributed by atoms with Gasteiger partial charge >= 0.3 is 10.3 Å². The number of hydrogen-bond acceptors (Lipinski definition) is 3. The highest BCUT2D eigenvalue weighted by Crippen LogP contribution is 2.20. The van der Waals surface area contributed by atoms with Crippen molar-refractivity contribution in [1.29, 1.82) is 0 Å². The molecular weight excluding hydrogens is 182 g/mol. The first-order valence-electron chi connectivity index (χ1n) is 3.71. The van der Waals surface area contributed by atoms with Gasteiger partial charge in [0.25, 0.3) is 0 Å². The summed E-state index contributed by atoms with van der Waals surface area (Å²) in [5.41, 5.74) is 0. The second kappa shape index (κ2) is 3.51. The molecule has 1 aliphatic rings. The van der Waals surface area contributed by atoms with Gasteiger partial charge in [-0.1, -0.05) is 0 Å². The van der Waals surface area contributed by atoms with Crippen LogP contribution in [0.5, 0.6) is 0 Å². The molecule has 1 saturated carbocycles. The van der Waals surface area contributed by atoms with Crippen LogP contribution in [0.25, 0.3) is 0 Å². The average molecular weight is 193 g/mol. The van der Waals surface area contributed by atoms with Crippen LogP contribution in [0.4, 0.5) is 0 Å². The van der Waals surface area contributed by atoms with E-state index in [2.05, 4.69) is 0 Å². The highest BCUT2D eigenvalue weighted by molar-refractivity contribution is 7.83. The van der Waals surface area contributed by atoms with Gasteiger partial charge in [-0.2, -0.15) is 13.1 Å². The van der Waals surface area contributed by atoms with Crippen LogP contribution in [0.2, 0.25) is 0 Å². The number of nitrogens with one attached hydrogen (secondary N) is 1. The van der Waals surface area contributed by atoms with Crippen molar-refractivity contribution in [3.05, 3.63) is 0 Å². The fourth-order valence-electron chi connectivity index (χ4n) is 1.29. The van der Waals surface area contributed by atoms with E-state index in [1.165, 1.54) is 0 Å². The van der Waals surface area contributed by atoms with E-state index in [0.717, 1.165) is 0 Å². The van der Waals surface area contributed by atoms with E-state index in [9.17, 15) is 13.2 Å². The molecule has 0 spiro atoms. The number of carbonyl (C=O) groups excluding carboxylic acids is 1. The number of rotatable bonds is 3. The van der Waals surface area contributed by atoms with Crippen molar-refractivity contribution in [2.45, 2.75) is 19.3 Å². The Morgan fingerprint density at radius 2 is 2.25 bits per heavy atom. The third-order valence-electron chi connectivity index (χ3n) is 1.90. The van der Waals surface area contributed by atoms with E-state index in [4.69, 9.17) is 4.55 Å². The third-order valence-corrected chi connectivity index (χ3v) is 2.43. The first-order valence-corrected chi connectivity index (χ1v) is 5.15. The molecule has 0 amide bonds. The lowest BCUT2D eigenvalue weighted by Crippen LogP contribution is -2.27. The van der Waals surface area contributed by atoms with Crippen molar-refractivity contribution in [2.75, 3.05) is 6.54 Å². The molecule has 0 aromatic heterocycles. The van der Waals surface area contributed by atoms with Gasteiger partial charge in [-0.25, -0.2) is 0 Å². The highest BCUT2D eigenvalue weighted by Gasteiger charge is 2.22. The second-order valence-electron chi connectivity index (χ2n) is 2.97. The molecule has 0 aromatic rings. The SMILES string of the molecule is O=C1CCC(CNS(=O)(=O)O)C1. The van der Waals surface area contributed by atoms with Gasteiger partial charge in [0.1, 0.15) is 5.78 Å². The number of Topliss-reactive ketones (excluding diaryl/α,β-unsaturated/α-hetero) is 1. The van der Waals surface area contributed by atoms with E-state index in [1.807, 2.05) is 4.72 Å². The Morgan fingerprint density at radius 3 is 2.67 bits per heavy atom. The van der Waals surface area contributed by atoms with Crippen molar-refractivity contribution in [1.82, 2.24) is 4.72 Å². The van der Waals surface area contributed by atoms with E-state index < -0.39 is 10.3 Å². The van der Waals surface area contributed by atoms with Crippen LogP contribution in [-0.2, 0) is 15.1 Å². The lowest BCUT2D eigenvalue weighted by Gasteiger charge is -2.06. The molecule has 0 heterocycles. The zero-order chi connectivity index (χ0) is 9.19. The lowest BCUT2D eigenvalue weighted by molar-refractivity contribution is -0.117. The zero-order valence-corrected chi connectivity index (χ0v) is 7.30. The molecule has 5 nitrogen and oxygen atoms in total. The first-order chi connectivity index (χ1) is 5.47. The van der Waals surface area contributed by atoms with E-state index in [0.29, 0.717) is 19.3 Å². The molecule has 0 bridgehead atoms. The molecule has 1 fully saturated rings. The molecule has 1 aliphatic carbocycles. The van der Waals surface area contributed by atoms with Gasteiger partial charge in [-0.3, -0.25) is 9.35 Å². The quantitative estimate of drug-likeness (QED) is 0.605. The van der Waals surface area contributed by atoms with Crippen LogP contribution < -0.4 is 4.72 Å². The summed E-state index contributed by atoms with van der Waals surface area (Å²) >= 11 is 0. The van der Waals surface area contributed by atoms with Crippen LogP contribution in [0.3, 0.4) is 0 Å². The summed E-state index contributed by atoms with van der Waals surface area (Å²) in [6.45, 7) is 0.157. The Kier molecular flexibility index (Phi) is 2.81. The predicted molar refractivity (Wildman–Crippen MR) is 41.9 cm³/mol. The van der Waals surface area contributed by atoms with Gasteiger partial charge in [0.05, 0.1) is 0 Å². The fraction of sp³-hybridized carbons (Fsp3) is 0.833. The first kappa shape index (κ1) is 9.63. The molecular formula is C6H11NO4S. The monoisotopic (exact) mass is 193 g/mol. The van der Waals surface area contributed by atoms with Crippen LogP contribution in [0, 0.1) is 5.92 Å². The zero-order valence-electron chi connectivity index (χ0n) is 6.49. The standard InChI is InChI=1S/C6H11NO4S/c8-6-2-1-5(3-6)4-7-12(9,10)11/h5,7H,1-4H2,(H,9,10,11). The predicted octanol–water partition coefficient (Wildman–Crippen LogP) is -0.252. The van der Waals surface area contributed by atoms with Crippen LogP contribution >= 0.6 is 0 Å². The molecule has 2 N–H and O–H groups in total. The van der Waals surface area contributed by atoms with Gasteiger partial charge in [-0.05, 0) is 12.3 Å². The summed E-state index contributed by atoms with van der Waals surface area (Å²) in [5, 5.41) is 0. The highest BCUT2D eigenvalue weighted by atomic mass is 32.2. The summed E-state index contributed by atoms with van der Waals surface area (Å²) < 4.78 is 30.7. The van der Waals surface area contributed by atoms with Gasteiger partial charge < -0.3 is 0 Å². The molecule has 0 saturated heterocycles. The molecule has 0 aliphatic heterocycles. The van der Waals surface area contributed by atoms with E-state index in [1.54, 1.807) is 0 Å². The van der Waals surface area contributed by atoms with Crippen molar-refractivity contribution in [3.8, 4) is 0 Å². The van der Waals surface area contributed by atoms with Crippen LogP contribution in [0.15, 0.2) is 0 Å². The smallest absolute Gasteiger partial charge is 0.300 e. The van der Waals surface area contributed by atoms with Gasteiger partial charge in [-0.15, -0.1) is 0 Å². The number of hydrogen-bond donors (Lipinski definition) is 2.